The number of hydrogen-bond donors (Lipinski definition) is 4. The minimum atomic E-state index is -1.57. The molecule has 6 N–H and O–H groups in total. The molecule has 0 radical (unpaired) electrons. The van der Waals surface area contributed by atoms with Gasteiger partial charge in [0.15, 0.2) is 12.3 Å². The van der Waals surface area contributed by atoms with Crippen LogP contribution in [-0.2, 0) is 14.3 Å². The highest BCUT2D eigenvalue weighted by molar-refractivity contribution is 5.89. The van der Waals surface area contributed by atoms with Gasteiger partial charge in [-0.1, -0.05) is 0 Å². The third-order valence-electron chi connectivity index (χ3n) is 4.47. The fraction of sp³-hybridized carbons (Fsp3) is 0.571. The molecule has 2 fully saturated rings. The van der Waals surface area contributed by atoms with Gasteiger partial charge in [0.05, 0.1) is 0 Å². The molecule has 0 unspecified atom stereocenters. The van der Waals surface area contributed by atoms with E-state index in [4.69, 9.17) is 16.2 Å². The average Bonchev–Trinajstić information content (AvgIpc) is 3.14. The lowest BCUT2D eigenvalue weighted by molar-refractivity contribution is -0.152. The quantitative estimate of drug-likeness (QED) is 0.442. The molecular weight excluding hydrogens is 334 g/mol. The van der Waals surface area contributed by atoms with Crippen LogP contribution in [0.15, 0.2) is 17.1 Å². The first-order valence-electron chi connectivity index (χ1n) is 7.77. The van der Waals surface area contributed by atoms with Crippen LogP contribution in [0.1, 0.15) is 19.1 Å². The second-order valence-electron chi connectivity index (χ2n) is 6.06. The van der Waals surface area contributed by atoms with Crippen molar-refractivity contribution in [3.05, 3.63) is 22.7 Å². The lowest BCUT2D eigenvalue weighted by Gasteiger charge is -2.26. The second kappa shape index (κ2) is 6.43. The molecule has 11 nitrogen and oxygen atoms in total. The smallest absolute Gasteiger partial charge is 0.351 e. The number of rotatable bonds is 3. The minimum absolute atomic E-state index is 0.0109. The largest absolute Gasteiger partial charge is 0.387 e. The van der Waals surface area contributed by atoms with E-state index in [0.29, 0.717) is 19.4 Å². The van der Waals surface area contributed by atoms with Gasteiger partial charge in [-0.15, -0.1) is 0 Å². The van der Waals surface area contributed by atoms with Crippen molar-refractivity contribution in [2.45, 2.75) is 43.4 Å². The van der Waals surface area contributed by atoms with Crippen molar-refractivity contribution in [2.75, 3.05) is 12.3 Å². The Balaban J connectivity index is 1.83. The molecule has 2 aliphatic rings. The number of hydrogen-bond acceptors (Lipinski definition) is 8. The number of ether oxygens (including phenoxy) is 1. The number of aromatic nitrogens is 2. The number of nitrogens with two attached hydrogens (primary N) is 2. The Morgan fingerprint density at radius 3 is 2.68 bits per heavy atom. The summed E-state index contributed by atoms with van der Waals surface area (Å²) in [6.07, 6.45) is -3.57. The van der Waals surface area contributed by atoms with Crippen LogP contribution in [-0.4, -0.2) is 67.4 Å². The highest BCUT2D eigenvalue weighted by Crippen LogP contribution is 2.31. The molecule has 5 atom stereocenters. The zero-order valence-corrected chi connectivity index (χ0v) is 13.2. The predicted octanol–water partition coefficient (Wildman–Crippen LogP) is -3.08. The lowest BCUT2D eigenvalue weighted by Crippen LogP contribution is -2.50. The summed E-state index contributed by atoms with van der Waals surface area (Å²) in [5.41, 5.74) is 9.90. The molecule has 3 rings (SSSR count). The Morgan fingerprint density at radius 2 is 2.04 bits per heavy atom. The number of carbonyl (C=O) groups excluding carboxylic acids is 2. The molecule has 2 aliphatic heterocycles. The van der Waals surface area contributed by atoms with Gasteiger partial charge in [0.1, 0.15) is 24.1 Å². The number of anilines is 1. The third kappa shape index (κ3) is 2.97. The highest BCUT2D eigenvalue weighted by atomic mass is 16.6. The number of aliphatic hydroxyl groups excluding tert-OH is 2. The highest BCUT2D eigenvalue weighted by Gasteiger charge is 2.50. The first kappa shape index (κ1) is 17.3. The van der Waals surface area contributed by atoms with E-state index in [1.165, 1.54) is 17.2 Å². The summed E-state index contributed by atoms with van der Waals surface area (Å²) in [5, 5.41) is 20.4. The number of nitrogen functional groups attached to an aromatic ring is 1. The molecule has 11 heteroatoms. The molecule has 2 saturated heterocycles. The topological polar surface area (TPSA) is 174 Å². The zero-order chi connectivity index (χ0) is 18.3. The molecule has 0 spiro atoms. The number of aliphatic hydroxyl groups is 2. The van der Waals surface area contributed by atoms with Gasteiger partial charge in [-0.3, -0.25) is 14.2 Å². The van der Waals surface area contributed by atoms with Gasteiger partial charge in [-0.25, -0.2) is 4.79 Å². The zero-order valence-electron chi connectivity index (χ0n) is 13.2. The van der Waals surface area contributed by atoms with Crippen LogP contribution in [0.3, 0.4) is 0 Å². The molecule has 0 bridgehead atoms. The van der Waals surface area contributed by atoms with E-state index in [-0.39, 0.29) is 5.82 Å². The van der Waals surface area contributed by atoms with Crippen LogP contribution in [0.2, 0.25) is 0 Å². The van der Waals surface area contributed by atoms with E-state index in [0.717, 1.165) is 4.57 Å². The van der Waals surface area contributed by atoms with E-state index >= 15 is 0 Å². The maximum absolute atomic E-state index is 12.6. The van der Waals surface area contributed by atoms with Crippen LogP contribution in [0.5, 0.6) is 0 Å². The molecule has 2 amide bonds. The van der Waals surface area contributed by atoms with Gasteiger partial charge in [0.2, 0.25) is 5.91 Å². The van der Waals surface area contributed by atoms with E-state index in [2.05, 4.69) is 4.98 Å². The number of likely N-dealkylation sites (tertiary alicyclic amines) is 1. The fourth-order valence-electron chi connectivity index (χ4n) is 3.20. The van der Waals surface area contributed by atoms with Crippen LogP contribution < -0.4 is 17.2 Å². The Labute approximate surface area is 141 Å². The first-order chi connectivity index (χ1) is 11.8. The van der Waals surface area contributed by atoms with Crippen molar-refractivity contribution < 1.29 is 24.5 Å². The molecule has 136 valence electrons. The van der Waals surface area contributed by atoms with Crippen molar-refractivity contribution in [2.24, 2.45) is 5.73 Å². The third-order valence-corrected chi connectivity index (χ3v) is 4.47. The molecule has 0 aromatic carbocycles. The number of amides is 2. The normalized spacial score (nSPS) is 32.1. The number of primary amides is 1. The van der Waals surface area contributed by atoms with Gasteiger partial charge in [0, 0.05) is 12.7 Å². The standard InChI is InChI=1S/C14H19N5O6/c15-7-3-5-19(14(24)17-7)13-9(21)8(20)10(25-13)12(23)18-4-1-2-6(18)11(16)22/h3,5-6,8-10,13,20-21H,1-2,4H2,(H2,16,22)(H2,15,17,24)/t6-,8-,9+,10-,13+/m0/s1. The van der Waals surface area contributed by atoms with E-state index in [1.54, 1.807) is 0 Å². The monoisotopic (exact) mass is 353 g/mol. The number of nitrogens with zero attached hydrogens (tertiary/aromatic N) is 3. The maximum atomic E-state index is 12.6. The Morgan fingerprint density at radius 1 is 1.32 bits per heavy atom. The minimum Gasteiger partial charge on any atom is -0.387 e. The summed E-state index contributed by atoms with van der Waals surface area (Å²) in [7, 11) is 0. The summed E-state index contributed by atoms with van der Waals surface area (Å²) in [6, 6.07) is 0.545. The predicted molar refractivity (Wildman–Crippen MR) is 82.8 cm³/mol. The second-order valence-corrected chi connectivity index (χ2v) is 6.06. The molecule has 0 aliphatic carbocycles. The lowest BCUT2D eigenvalue weighted by atomic mass is 10.1. The molecule has 3 heterocycles. The van der Waals surface area contributed by atoms with Gasteiger partial charge < -0.3 is 31.3 Å². The van der Waals surface area contributed by atoms with Crippen molar-refractivity contribution in [3.8, 4) is 0 Å². The molecule has 1 aromatic rings. The first-order valence-corrected chi connectivity index (χ1v) is 7.77. The van der Waals surface area contributed by atoms with Crippen molar-refractivity contribution in [1.82, 2.24) is 14.5 Å². The summed E-state index contributed by atoms with van der Waals surface area (Å²) >= 11 is 0. The summed E-state index contributed by atoms with van der Waals surface area (Å²) in [6.45, 7) is 0.295. The van der Waals surface area contributed by atoms with Crippen molar-refractivity contribution >= 4 is 17.6 Å². The maximum Gasteiger partial charge on any atom is 0.351 e. The fourth-order valence-corrected chi connectivity index (χ4v) is 3.20. The molecule has 25 heavy (non-hydrogen) atoms. The Kier molecular flexibility index (Phi) is 4.45. The Hall–Kier alpha value is -2.50. The molecular formula is C14H19N5O6. The summed E-state index contributed by atoms with van der Waals surface area (Å²) in [4.78, 5) is 40.7. The van der Waals surface area contributed by atoms with Crippen LogP contribution in [0.4, 0.5) is 5.82 Å². The van der Waals surface area contributed by atoms with E-state index in [1.807, 2.05) is 0 Å². The number of carbonyl (C=O) groups is 2. The van der Waals surface area contributed by atoms with Crippen molar-refractivity contribution in [1.29, 1.82) is 0 Å². The van der Waals surface area contributed by atoms with Crippen molar-refractivity contribution in [3.63, 3.8) is 0 Å². The molecule has 0 saturated carbocycles. The summed E-state index contributed by atoms with van der Waals surface area (Å²) in [5.74, 6) is -1.32. The van der Waals surface area contributed by atoms with E-state index in [9.17, 15) is 24.6 Å². The van der Waals surface area contributed by atoms with Gasteiger partial charge >= 0.3 is 5.69 Å². The van der Waals surface area contributed by atoms with Gasteiger partial charge in [-0.05, 0) is 18.9 Å². The van der Waals surface area contributed by atoms with E-state index < -0.39 is 48.1 Å². The summed E-state index contributed by atoms with van der Waals surface area (Å²) < 4.78 is 6.37. The van der Waals surface area contributed by atoms with Crippen LogP contribution in [0, 0.1) is 0 Å². The average molecular weight is 353 g/mol. The Bertz CT molecular complexity index is 751. The molecule has 1 aromatic heterocycles. The SMILES string of the molecule is NC(=O)[C@@H]1CCCN1C(=O)[C@H]1O[C@@H](n2ccc(N)nc2=O)[C@H](O)[C@@H]1O. The van der Waals surface area contributed by atoms with Gasteiger partial charge in [0.25, 0.3) is 5.91 Å². The van der Waals surface area contributed by atoms with Crippen LogP contribution >= 0.6 is 0 Å². The van der Waals surface area contributed by atoms with Gasteiger partial charge in [-0.2, -0.15) is 4.98 Å². The van der Waals surface area contributed by atoms with Crippen LogP contribution in [0.25, 0.3) is 0 Å².